The largest absolute Gasteiger partial charge is 0.340 e. The Morgan fingerprint density at radius 2 is 2.20 bits per heavy atom. The summed E-state index contributed by atoms with van der Waals surface area (Å²) in [5.41, 5.74) is 6.04. The summed E-state index contributed by atoms with van der Waals surface area (Å²) in [4.78, 5) is 6.79. The molecule has 4 nitrogen and oxygen atoms in total. The highest BCUT2D eigenvalue weighted by Crippen LogP contribution is 2.38. The van der Waals surface area contributed by atoms with Gasteiger partial charge in [0.05, 0.1) is 0 Å². The van der Waals surface area contributed by atoms with Gasteiger partial charge >= 0.3 is 0 Å². The number of rotatable bonds is 2. The van der Waals surface area contributed by atoms with E-state index in [4.69, 9.17) is 5.73 Å². The van der Waals surface area contributed by atoms with Crippen molar-refractivity contribution >= 4 is 5.95 Å². The quantitative estimate of drug-likeness (QED) is 0.785. The van der Waals surface area contributed by atoms with E-state index in [0.717, 1.165) is 19.0 Å². The Balaban J connectivity index is 1.83. The van der Waals surface area contributed by atoms with Crippen LogP contribution in [0.5, 0.6) is 0 Å². The van der Waals surface area contributed by atoms with Gasteiger partial charge in [0.25, 0.3) is 0 Å². The maximum Gasteiger partial charge on any atom is 0.205 e. The normalized spacial score (nSPS) is 31.2. The van der Waals surface area contributed by atoms with Crippen LogP contribution in [0.3, 0.4) is 0 Å². The molecule has 3 rings (SSSR count). The van der Waals surface area contributed by atoms with Gasteiger partial charge in [-0.25, -0.2) is 4.98 Å². The van der Waals surface area contributed by atoms with Gasteiger partial charge in [0.15, 0.2) is 0 Å². The summed E-state index contributed by atoms with van der Waals surface area (Å²) in [7, 11) is 0. The van der Waals surface area contributed by atoms with Crippen molar-refractivity contribution in [3.63, 3.8) is 0 Å². The third-order valence-corrected chi connectivity index (χ3v) is 3.54. The van der Waals surface area contributed by atoms with Crippen molar-refractivity contribution < 1.29 is 0 Å². The van der Waals surface area contributed by atoms with Crippen LogP contribution in [0.1, 0.15) is 25.8 Å². The van der Waals surface area contributed by atoms with Crippen molar-refractivity contribution in [3.8, 4) is 0 Å². The Labute approximate surface area is 90.1 Å². The number of imidazole rings is 1. The molecule has 1 aliphatic heterocycles. The monoisotopic (exact) mass is 206 g/mol. The van der Waals surface area contributed by atoms with E-state index < -0.39 is 0 Å². The molecule has 0 radical (unpaired) electrons. The molecular weight excluding hydrogens is 188 g/mol. The van der Waals surface area contributed by atoms with E-state index in [-0.39, 0.29) is 0 Å². The second-order valence-electron chi connectivity index (χ2n) is 4.91. The minimum Gasteiger partial charge on any atom is -0.340 e. The number of aromatic nitrogens is 2. The molecule has 2 atom stereocenters. The molecular formula is C11H18N4. The van der Waals surface area contributed by atoms with Crippen molar-refractivity contribution in [1.29, 1.82) is 0 Å². The highest BCUT2D eigenvalue weighted by molar-refractivity contribution is 5.35. The predicted octanol–water partition coefficient (Wildman–Crippen LogP) is 1.00. The lowest BCUT2D eigenvalue weighted by Crippen LogP contribution is -2.29. The fraction of sp³-hybridized carbons (Fsp3) is 0.727. The van der Waals surface area contributed by atoms with Crippen molar-refractivity contribution in [2.45, 2.75) is 31.8 Å². The zero-order valence-electron chi connectivity index (χ0n) is 9.13. The van der Waals surface area contributed by atoms with Crippen molar-refractivity contribution in [2.24, 2.45) is 11.7 Å². The molecule has 82 valence electrons. The van der Waals surface area contributed by atoms with E-state index in [2.05, 4.69) is 27.6 Å². The summed E-state index contributed by atoms with van der Waals surface area (Å²) in [5.74, 6) is 1.70. The average Bonchev–Trinajstić information content (AvgIpc) is 2.85. The lowest BCUT2D eigenvalue weighted by molar-refractivity contribution is 0.565. The summed E-state index contributed by atoms with van der Waals surface area (Å²) in [5, 5.41) is 0. The number of hydrogen-bond donors (Lipinski definition) is 1. The Bertz CT molecular complexity index is 345. The van der Waals surface area contributed by atoms with Crippen LogP contribution in [0, 0.1) is 5.92 Å². The van der Waals surface area contributed by atoms with Crippen LogP contribution in [0.25, 0.3) is 0 Å². The van der Waals surface area contributed by atoms with E-state index in [9.17, 15) is 0 Å². The lowest BCUT2D eigenvalue weighted by Gasteiger charge is -2.18. The zero-order valence-corrected chi connectivity index (χ0v) is 9.13. The number of nitrogens with two attached hydrogens (primary N) is 1. The molecule has 0 spiro atoms. The molecule has 0 aromatic carbocycles. The molecule has 4 heteroatoms. The van der Waals surface area contributed by atoms with E-state index in [1.165, 1.54) is 12.8 Å². The molecule has 1 aromatic heterocycles. The molecule has 1 saturated carbocycles. The Morgan fingerprint density at radius 1 is 1.40 bits per heavy atom. The molecule has 2 unspecified atom stereocenters. The summed E-state index contributed by atoms with van der Waals surface area (Å²) in [6, 6.07) is 1.00. The predicted molar refractivity (Wildman–Crippen MR) is 59.9 cm³/mol. The molecule has 2 aliphatic rings. The zero-order chi connectivity index (χ0) is 10.4. The number of anilines is 1. The third kappa shape index (κ3) is 1.53. The van der Waals surface area contributed by atoms with Gasteiger partial charge in [0.1, 0.15) is 0 Å². The van der Waals surface area contributed by atoms with Crippen LogP contribution in [0.4, 0.5) is 5.95 Å². The maximum atomic E-state index is 6.04. The molecule has 2 N–H and O–H groups in total. The van der Waals surface area contributed by atoms with Crippen LogP contribution in [-0.2, 0) is 0 Å². The Hall–Kier alpha value is -1.03. The molecule has 0 bridgehead atoms. The standard InChI is InChI=1S/C11H18N4/c1-8-6-14(7-10(8)12)11-13-4-5-15(11)9-2-3-9/h4-5,8-10H,2-3,6-7,12H2,1H3. The van der Waals surface area contributed by atoms with Crippen LogP contribution >= 0.6 is 0 Å². The van der Waals surface area contributed by atoms with Crippen LogP contribution in [0.2, 0.25) is 0 Å². The summed E-state index contributed by atoms with van der Waals surface area (Å²) in [6.45, 7) is 4.21. The van der Waals surface area contributed by atoms with Gasteiger partial charge in [0.2, 0.25) is 5.95 Å². The summed E-state index contributed by atoms with van der Waals surface area (Å²) < 4.78 is 2.31. The first-order valence-corrected chi connectivity index (χ1v) is 5.79. The van der Waals surface area contributed by atoms with Gasteiger partial charge in [-0.3, -0.25) is 0 Å². The Morgan fingerprint density at radius 3 is 2.80 bits per heavy atom. The van der Waals surface area contributed by atoms with Crippen molar-refractivity contribution in [2.75, 3.05) is 18.0 Å². The first-order valence-electron chi connectivity index (χ1n) is 5.79. The summed E-state index contributed by atoms with van der Waals surface area (Å²) in [6.07, 6.45) is 6.61. The van der Waals surface area contributed by atoms with Crippen LogP contribution in [-0.4, -0.2) is 28.7 Å². The van der Waals surface area contributed by atoms with Gasteiger partial charge < -0.3 is 15.2 Å². The van der Waals surface area contributed by atoms with Crippen molar-refractivity contribution in [1.82, 2.24) is 9.55 Å². The number of hydrogen-bond acceptors (Lipinski definition) is 3. The molecule has 15 heavy (non-hydrogen) atoms. The minimum absolute atomic E-state index is 0.300. The topological polar surface area (TPSA) is 47.1 Å². The first kappa shape index (κ1) is 9.21. The highest BCUT2D eigenvalue weighted by atomic mass is 15.3. The van der Waals surface area contributed by atoms with Crippen LogP contribution < -0.4 is 10.6 Å². The summed E-state index contributed by atoms with van der Waals surface area (Å²) >= 11 is 0. The maximum absolute atomic E-state index is 6.04. The third-order valence-electron chi connectivity index (χ3n) is 3.54. The lowest BCUT2D eigenvalue weighted by atomic mass is 10.1. The fourth-order valence-corrected chi connectivity index (χ4v) is 2.34. The molecule has 1 aromatic rings. The SMILES string of the molecule is CC1CN(c2nccn2C2CC2)CC1N. The second-order valence-corrected chi connectivity index (χ2v) is 4.91. The molecule has 2 fully saturated rings. The van der Waals surface area contributed by atoms with E-state index >= 15 is 0 Å². The molecule has 1 saturated heterocycles. The van der Waals surface area contributed by atoms with Crippen molar-refractivity contribution in [3.05, 3.63) is 12.4 Å². The smallest absolute Gasteiger partial charge is 0.205 e. The molecule has 1 aliphatic carbocycles. The van der Waals surface area contributed by atoms with E-state index in [1.807, 2.05) is 6.20 Å². The van der Waals surface area contributed by atoms with Gasteiger partial charge in [-0.1, -0.05) is 6.92 Å². The number of nitrogens with zero attached hydrogens (tertiary/aromatic N) is 3. The van der Waals surface area contributed by atoms with Gasteiger partial charge in [-0.05, 0) is 18.8 Å². The molecule has 2 heterocycles. The average molecular weight is 206 g/mol. The fourth-order valence-electron chi connectivity index (χ4n) is 2.34. The second kappa shape index (κ2) is 3.23. The van der Waals surface area contributed by atoms with Gasteiger partial charge in [-0.15, -0.1) is 0 Å². The molecule has 0 amide bonds. The van der Waals surface area contributed by atoms with Gasteiger partial charge in [-0.2, -0.15) is 0 Å². The van der Waals surface area contributed by atoms with E-state index in [0.29, 0.717) is 18.0 Å². The minimum atomic E-state index is 0.300. The Kier molecular flexibility index (Phi) is 1.99. The van der Waals surface area contributed by atoms with Gasteiger partial charge in [0, 0.05) is 37.6 Å². The highest BCUT2D eigenvalue weighted by Gasteiger charge is 2.32. The van der Waals surface area contributed by atoms with E-state index in [1.54, 1.807) is 0 Å². The first-order chi connectivity index (χ1) is 7.25. The van der Waals surface area contributed by atoms with Crippen LogP contribution in [0.15, 0.2) is 12.4 Å².